The summed E-state index contributed by atoms with van der Waals surface area (Å²) in [5.41, 5.74) is 1.90. The van der Waals surface area contributed by atoms with Gasteiger partial charge in [-0.05, 0) is 60.2 Å². The summed E-state index contributed by atoms with van der Waals surface area (Å²) < 4.78 is 34.2. The number of imidazole rings is 1. The fraction of sp³-hybridized carbons (Fsp3) is 0.0769. The standard InChI is InChI=1S/C26H17Cl2F2N5O2/c27-18-6-7-19(20(28)12-18)23(13-35-10-9-31-14-35)32-24(36)15-1-3-16(4-2-15)25-33-34-26(37-25)17-5-8-21(29)22(30)11-17/h1-12,14,23H,13H2,(H,32,36)/t23-/m0/s1. The molecule has 1 atom stereocenters. The highest BCUT2D eigenvalue weighted by Gasteiger charge is 2.20. The normalized spacial score (nSPS) is 11.9. The molecule has 1 amide bonds. The second kappa shape index (κ2) is 10.5. The molecule has 0 bridgehead atoms. The van der Waals surface area contributed by atoms with E-state index in [0.717, 1.165) is 12.1 Å². The molecule has 7 nitrogen and oxygen atoms in total. The van der Waals surface area contributed by atoms with Gasteiger partial charge in [-0.3, -0.25) is 4.79 Å². The second-order valence-corrected chi connectivity index (χ2v) is 8.91. The SMILES string of the molecule is O=C(N[C@@H](Cn1ccnc1)c1ccc(Cl)cc1Cl)c1ccc(-c2nnc(-c3ccc(F)c(F)c3)o2)cc1. The predicted octanol–water partition coefficient (Wildman–Crippen LogP) is 6.36. The van der Waals surface area contributed by atoms with Gasteiger partial charge >= 0.3 is 0 Å². The van der Waals surface area contributed by atoms with Gasteiger partial charge in [0.1, 0.15) is 0 Å². The van der Waals surface area contributed by atoms with E-state index in [4.69, 9.17) is 27.6 Å². The second-order valence-electron chi connectivity index (χ2n) is 8.07. The quantitative estimate of drug-likeness (QED) is 0.260. The Bertz CT molecular complexity index is 1560. The summed E-state index contributed by atoms with van der Waals surface area (Å²) >= 11 is 12.5. The zero-order chi connectivity index (χ0) is 25.9. The maximum atomic E-state index is 13.5. The van der Waals surface area contributed by atoms with Crippen LogP contribution < -0.4 is 5.32 Å². The minimum absolute atomic E-state index is 0.0397. The van der Waals surface area contributed by atoms with Gasteiger partial charge in [0, 0.05) is 45.7 Å². The van der Waals surface area contributed by atoms with Crippen LogP contribution in [0.2, 0.25) is 10.0 Å². The van der Waals surface area contributed by atoms with Crippen LogP contribution in [0.1, 0.15) is 22.0 Å². The first-order valence-electron chi connectivity index (χ1n) is 11.0. The molecular weight excluding hydrogens is 523 g/mol. The van der Waals surface area contributed by atoms with Gasteiger partial charge in [-0.2, -0.15) is 0 Å². The average Bonchev–Trinajstić information content (AvgIpc) is 3.58. The minimum Gasteiger partial charge on any atom is -0.416 e. The molecule has 2 aromatic heterocycles. The monoisotopic (exact) mass is 539 g/mol. The molecule has 37 heavy (non-hydrogen) atoms. The van der Waals surface area contributed by atoms with Crippen molar-refractivity contribution in [1.29, 1.82) is 0 Å². The molecular formula is C26H17Cl2F2N5O2. The van der Waals surface area contributed by atoms with Crippen molar-refractivity contribution in [2.45, 2.75) is 12.6 Å². The maximum Gasteiger partial charge on any atom is 0.251 e. The number of halogens is 4. The van der Waals surface area contributed by atoms with Crippen molar-refractivity contribution in [1.82, 2.24) is 25.1 Å². The van der Waals surface area contributed by atoms with Crippen molar-refractivity contribution in [3.63, 3.8) is 0 Å². The number of carbonyl (C=O) groups excluding carboxylic acids is 1. The summed E-state index contributed by atoms with van der Waals surface area (Å²) in [5.74, 6) is -2.10. The molecule has 0 fully saturated rings. The summed E-state index contributed by atoms with van der Waals surface area (Å²) in [6.07, 6.45) is 5.09. The molecule has 186 valence electrons. The van der Waals surface area contributed by atoms with Crippen molar-refractivity contribution in [2.24, 2.45) is 0 Å². The van der Waals surface area contributed by atoms with Gasteiger partial charge in [-0.25, -0.2) is 13.8 Å². The number of hydrogen-bond donors (Lipinski definition) is 1. The Morgan fingerprint density at radius 3 is 2.35 bits per heavy atom. The Balaban J connectivity index is 1.34. The first kappa shape index (κ1) is 24.6. The molecule has 3 aromatic carbocycles. The van der Waals surface area contributed by atoms with Crippen molar-refractivity contribution >= 4 is 29.1 Å². The Labute approximate surface area is 219 Å². The first-order valence-corrected chi connectivity index (χ1v) is 11.7. The van der Waals surface area contributed by atoms with E-state index in [-0.39, 0.29) is 23.3 Å². The van der Waals surface area contributed by atoms with Crippen LogP contribution in [0.15, 0.2) is 83.8 Å². The van der Waals surface area contributed by atoms with E-state index in [1.165, 1.54) is 6.07 Å². The highest BCUT2D eigenvalue weighted by molar-refractivity contribution is 6.35. The molecule has 0 saturated heterocycles. The predicted molar refractivity (Wildman–Crippen MR) is 134 cm³/mol. The Hall–Kier alpha value is -4.08. The van der Waals surface area contributed by atoms with Crippen LogP contribution in [-0.4, -0.2) is 25.7 Å². The lowest BCUT2D eigenvalue weighted by Gasteiger charge is -2.21. The molecule has 5 rings (SSSR count). The number of carbonyl (C=O) groups is 1. The summed E-state index contributed by atoms with van der Waals surface area (Å²) in [7, 11) is 0. The van der Waals surface area contributed by atoms with Crippen molar-refractivity contribution < 1.29 is 18.0 Å². The van der Waals surface area contributed by atoms with Crippen LogP contribution in [0, 0.1) is 11.6 Å². The minimum atomic E-state index is -1.01. The molecule has 11 heteroatoms. The van der Waals surface area contributed by atoms with Crippen molar-refractivity contribution in [3.8, 4) is 22.9 Å². The first-order chi connectivity index (χ1) is 17.9. The molecule has 0 aliphatic rings. The zero-order valence-corrected chi connectivity index (χ0v) is 20.4. The molecule has 0 radical (unpaired) electrons. The lowest BCUT2D eigenvalue weighted by Crippen LogP contribution is -2.31. The smallest absolute Gasteiger partial charge is 0.251 e. The number of benzene rings is 3. The number of hydrogen-bond acceptors (Lipinski definition) is 5. The van der Waals surface area contributed by atoms with Gasteiger partial charge in [0.15, 0.2) is 11.6 Å². The van der Waals surface area contributed by atoms with Crippen LogP contribution >= 0.6 is 23.2 Å². The fourth-order valence-corrected chi connectivity index (χ4v) is 4.24. The summed E-state index contributed by atoms with van der Waals surface area (Å²) in [4.78, 5) is 17.2. The molecule has 0 spiro atoms. The van der Waals surface area contributed by atoms with Crippen molar-refractivity contribution in [2.75, 3.05) is 0 Å². The lowest BCUT2D eigenvalue weighted by atomic mass is 10.1. The molecule has 0 saturated carbocycles. The van der Waals surface area contributed by atoms with Crippen LogP contribution in [0.25, 0.3) is 22.9 Å². The average molecular weight is 540 g/mol. The van der Waals surface area contributed by atoms with E-state index in [2.05, 4.69) is 20.5 Å². The fourth-order valence-electron chi connectivity index (χ4n) is 3.70. The molecule has 0 unspecified atom stereocenters. The third-order valence-corrected chi connectivity index (χ3v) is 6.14. The topological polar surface area (TPSA) is 85.8 Å². The van der Waals surface area contributed by atoms with Crippen molar-refractivity contribution in [3.05, 3.63) is 112 Å². The summed E-state index contributed by atoms with van der Waals surface area (Å²) in [5, 5.41) is 11.8. The van der Waals surface area contributed by atoms with Gasteiger partial charge in [0.05, 0.1) is 12.4 Å². The highest BCUT2D eigenvalue weighted by atomic mass is 35.5. The van der Waals surface area contributed by atoms with E-state index in [1.807, 2.05) is 4.57 Å². The van der Waals surface area contributed by atoms with E-state index in [9.17, 15) is 13.6 Å². The molecule has 0 aliphatic heterocycles. The molecule has 0 aliphatic carbocycles. The molecule has 5 aromatic rings. The van der Waals surface area contributed by atoms with Gasteiger partial charge < -0.3 is 14.3 Å². The van der Waals surface area contributed by atoms with Crippen LogP contribution in [0.5, 0.6) is 0 Å². The highest BCUT2D eigenvalue weighted by Crippen LogP contribution is 2.29. The Kier molecular flexibility index (Phi) is 6.98. The third kappa shape index (κ3) is 5.52. The maximum absolute atomic E-state index is 13.5. The number of aromatic nitrogens is 4. The summed E-state index contributed by atoms with van der Waals surface area (Å²) in [6.45, 7) is 0.403. The molecule has 1 N–H and O–H groups in total. The lowest BCUT2D eigenvalue weighted by molar-refractivity contribution is 0.0932. The Morgan fingerprint density at radius 1 is 0.946 bits per heavy atom. The van der Waals surface area contributed by atoms with Gasteiger partial charge in [-0.1, -0.05) is 29.3 Å². The number of rotatable bonds is 7. The Morgan fingerprint density at radius 2 is 1.68 bits per heavy atom. The number of nitrogens with one attached hydrogen (secondary N) is 1. The van der Waals surface area contributed by atoms with Gasteiger partial charge in [0.25, 0.3) is 5.91 Å². The third-order valence-electron chi connectivity index (χ3n) is 5.58. The zero-order valence-electron chi connectivity index (χ0n) is 18.9. The van der Waals surface area contributed by atoms with Crippen LogP contribution in [0.4, 0.5) is 8.78 Å². The number of amides is 1. The van der Waals surface area contributed by atoms with Gasteiger partial charge in [-0.15, -0.1) is 10.2 Å². The molecule has 2 heterocycles. The summed E-state index contributed by atoms with van der Waals surface area (Å²) in [6, 6.07) is 14.5. The van der Waals surface area contributed by atoms with E-state index >= 15 is 0 Å². The van der Waals surface area contributed by atoms with Crippen LogP contribution in [-0.2, 0) is 6.54 Å². The number of nitrogens with zero attached hydrogens (tertiary/aromatic N) is 4. The van der Waals surface area contributed by atoms with Gasteiger partial charge in [0.2, 0.25) is 11.8 Å². The largest absolute Gasteiger partial charge is 0.416 e. The van der Waals surface area contributed by atoms with Crippen LogP contribution in [0.3, 0.4) is 0 Å². The van der Waals surface area contributed by atoms with E-state index in [1.54, 1.807) is 61.2 Å². The van der Waals surface area contributed by atoms with E-state index < -0.39 is 17.7 Å². The van der Waals surface area contributed by atoms with E-state index in [0.29, 0.717) is 33.3 Å².